The van der Waals surface area contributed by atoms with Crippen LogP contribution in [0.3, 0.4) is 0 Å². The zero-order valence-electron chi connectivity index (χ0n) is 19.0. The maximum absolute atomic E-state index is 14.6. The van der Waals surface area contributed by atoms with Gasteiger partial charge in [0, 0.05) is 37.0 Å². The molecule has 1 aliphatic rings. The second-order valence-corrected chi connectivity index (χ2v) is 10.7. The first kappa shape index (κ1) is 23.9. The molecular weight excluding hydrogens is 463 g/mol. The Kier molecular flexibility index (Phi) is 6.47. The number of ether oxygens (including phenoxy) is 1. The number of carbonyl (C=O) groups is 1. The zero-order chi connectivity index (χ0) is 24.5. The molecule has 0 spiro atoms. The van der Waals surface area contributed by atoms with E-state index in [1.54, 1.807) is 12.1 Å². The second kappa shape index (κ2) is 9.20. The van der Waals surface area contributed by atoms with Gasteiger partial charge in [-0.25, -0.2) is 22.8 Å². The highest BCUT2D eigenvalue weighted by atomic mass is 32.2. The molecule has 1 amide bonds. The Bertz CT molecular complexity index is 1300. The standard InChI is InChI=1S/C22H25FN6O4S/c1-22(2,3)18-14-19(29(27-18)21-24-7-4-8-25-21)26-20(30)16-13-15(5-6-17(16)23)34(31,32)28-9-11-33-12-10-28/h4-8,13-14H,9-12H2,1-3H3,(H,26,30). The lowest BCUT2D eigenvalue weighted by molar-refractivity contribution is 0.0730. The Hall–Kier alpha value is -3.22. The molecule has 3 aromatic rings. The van der Waals surface area contributed by atoms with Gasteiger partial charge in [-0.3, -0.25) is 4.79 Å². The van der Waals surface area contributed by atoms with Crippen LogP contribution in [0.2, 0.25) is 0 Å². The van der Waals surface area contributed by atoms with E-state index in [0.29, 0.717) is 5.69 Å². The first-order valence-corrected chi connectivity index (χ1v) is 12.1. The minimum atomic E-state index is -3.90. The van der Waals surface area contributed by atoms with Crippen LogP contribution in [-0.2, 0) is 20.2 Å². The van der Waals surface area contributed by atoms with Crippen molar-refractivity contribution < 1.29 is 22.3 Å². The van der Waals surface area contributed by atoms with E-state index in [2.05, 4.69) is 20.4 Å². The van der Waals surface area contributed by atoms with Crippen LogP contribution in [0.4, 0.5) is 10.2 Å². The quantitative estimate of drug-likeness (QED) is 0.586. The molecule has 2 aromatic heterocycles. The van der Waals surface area contributed by atoms with Crippen molar-refractivity contribution in [2.75, 3.05) is 31.6 Å². The van der Waals surface area contributed by atoms with E-state index in [1.165, 1.54) is 21.4 Å². The Morgan fingerprint density at radius 3 is 2.44 bits per heavy atom. The summed E-state index contributed by atoms with van der Waals surface area (Å²) in [6, 6.07) is 6.46. The molecule has 1 aromatic carbocycles. The van der Waals surface area contributed by atoms with Crippen molar-refractivity contribution in [3.63, 3.8) is 0 Å². The molecule has 0 atom stereocenters. The van der Waals surface area contributed by atoms with Gasteiger partial charge in [-0.05, 0) is 24.3 Å². The summed E-state index contributed by atoms with van der Waals surface area (Å²) in [6.07, 6.45) is 3.07. The Morgan fingerprint density at radius 2 is 1.79 bits per heavy atom. The van der Waals surface area contributed by atoms with Crippen LogP contribution in [0, 0.1) is 5.82 Å². The highest BCUT2D eigenvalue weighted by Crippen LogP contribution is 2.26. The summed E-state index contributed by atoms with van der Waals surface area (Å²) in [7, 11) is -3.90. The normalized spacial score (nSPS) is 15.3. The van der Waals surface area contributed by atoms with Crippen LogP contribution < -0.4 is 5.32 Å². The molecular formula is C22H25FN6O4S. The summed E-state index contributed by atoms with van der Waals surface area (Å²) in [5.74, 6) is -1.23. The van der Waals surface area contributed by atoms with E-state index >= 15 is 0 Å². The fraction of sp³-hybridized carbons (Fsp3) is 0.364. The molecule has 1 fully saturated rings. The molecule has 0 aliphatic carbocycles. The third kappa shape index (κ3) is 4.83. The van der Waals surface area contributed by atoms with Crippen molar-refractivity contribution in [3.05, 3.63) is 59.8 Å². The van der Waals surface area contributed by atoms with Crippen LogP contribution >= 0.6 is 0 Å². The van der Waals surface area contributed by atoms with Crippen LogP contribution in [0.1, 0.15) is 36.8 Å². The largest absolute Gasteiger partial charge is 0.379 e. The smallest absolute Gasteiger partial charge is 0.259 e. The number of halogens is 1. The van der Waals surface area contributed by atoms with Crippen LogP contribution in [0.15, 0.2) is 47.6 Å². The molecule has 1 aliphatic heterocycles. The maximum atomic E-state index is 14.6. The second-order valence-electron chi connectivity index (χ2n) is 8.74. The Balaban J connectivity index is 1.68. The average Bonchev–Trinajstić information content (AvgIpc) is 3.24. The van der Waals surface area contributed by atoms with Gasteiger partial charge in [0.25, 0.3) is 11.9 Å². The summed E-state index contributed by atoms with van der Waals surface area (Å²) in [6.45, 7) is 6.79. The van der Waals surface area contributed by atoms with Gasteiger partial charge in [0.2, 0.25) is 10.0 Å². The minimum Gasteiger partial charge on any atom is -0.379 e. The van der Waals surface area contributed by atoms with E-state index in [0.717, 1.165) is 18.2 Å². The third-order valence-electron chi connectivity index (χ3n) is 5.25. The molecule has 0 saturated carbocycles. The van der Waals surface area contributed by atoms with Crippen LogP contribution in [0.5, 0.6) is 0 Å². The van der Waals surface area contributed by atoms with E-state index in [1.807, 2.05) is 20.8 Å². The SMILES string of the molecule is CC(C)(C)c1cc(NC(=O)c2cc(S(=O)(=O)N3CCOCC3)ccc2F)n(-c2ncccn2)n1. The van der Waals surface area contributed by atoms with Crippen molar-refractivity contribution in [2.24, 2.45) is 0 Å². The van der Waals surface area contributed by atoms with Crippen LogP contribution in [0.25, 0.3) is 5.95 Å². The van der Waals surface area contributed by atoms with Crippen LogP contribution in [-0.4, -0.2) is 64.7 Å². The zero-order valence-corrected chi connectivity index (χ0v) is 19.8. The molecule has 3 heterocycles. The maximum Gasteiger partial charge on any atom is 0.259 e. The monoisotopic (exact) mass is 488 g/mol. The van der Waals surface area contributed by atoms with Gasteiger partial charge in [-0.15, -0.1) is 0 Å². The lowest BCUT2D eigenvalue weighted by Crippen LogP contribution is -2.40. The minimum absolute atomic E-state index is 0.170. The molecule has 1 saturated heterocycles. The predicted molar refractivity (Wildman–Crippen MR) is 122 cm³/mol. The van der Waals surface area contributed by atoms with E-state index in [-0.39, 0.29) is 48.4 Å². The number of nitrogens with one attached hydrogen (secondary N) is 1. The van der Waals surface area contributed by atoms with Gasteiger partial charge in [-0.1, -0.05) is 20.8 Å². The predicted octanol–water partition coefficient (Wildman–Crippen LogP) is 2.37. The fourth-order valence-corrected chi connectivity index (χ4v) is 4.78. The summed E-state index contributed by atoms with van der Waals surface area (Å²) < 4.78 is 48.4. The number of nitrogens with zero attached hydrogens (tertiary/aromatic N) is 5. The van der Waals surface area contributed by atoms with Gasteiger partial charge in [0.15, 0.2) is 0 Å². The topological polar surface area (TPSA) is 119 Å². The summed E-state index contributed by atoms with van der Waals surface area (Å²) in [4.78, 5) is 21.2. The van der Waals surface area contributed by atoms with Crippen molar-refractivity contribution >= 4 is 21.7 Å². The highest BCUT2D eigenvalue weighted by Gasteiger charge is 2.29. The van der Waals surface area contributed by atoms with Gasteiger partial charge < -0.3 is 10.1 Å². The number of hydrogen-bond acceptors (Lipinski definition) is 7. The summed E-state index contributed by atoms with van der Waals surface area (Å²) in [5.41, 5.74) is -0.107. The van der Waals surface area contributed by atoms with Crippen molar-refractivity contribution in [1.82, 2.24) is 24.1 Å². The van der Waals surface area contributed by atoms with E-state index in [9.17, 15) is 17.6 Å². The molecule has 0 radical (unpaired) electrons. The van der Waals surface area contributed by atoms with Crippen molar-refractivity contribution in [2.45, 2.75) is 31.1 Å². The van der Waals surface area contributed by atoms with E-state index in [4.69, 9.17) is 4.74 Å². The molecule has 12 heteroatoms. The number of benzene rings is 1. The summed E-state index contributed by atoms with van der Waals surface area (Å²) >= 11 is 0. The first-order valence-electron chi connectivity index (χ1n) is 10.6. The number of aromatic nitrogens is 4. The molecule has 4 rings (SSSR count). The summed E-state index contributed by atoms with van der Waals surface area (Å²) in [5, 5.41) is 7.14. The van der Waals surface area contributed by atoms with E-state index < -0.39 is 27.3 Å². The average molecular weight is 489 g/mol. The molecule has 1 N–H and O–H groups in total. The molecule has 0 unspecified atom stereocenters. The number of carbonyl (C=O) groups excluding carboxylic acids is 1. The number of anilines is 1. The lowest BCUT2D eigenvalue weighted by atomic mass is 9.92. The van der Waals surface area contributed by atoms with Gasteiger partial charge in [0.1, 0.15) is 11.6 Å². The molecule has 10 nitrogen and oxygen atoms in total. The third-order valence-corrected chi connectivity index (χ3v) is 7.15. The van der Waals surface area contributed by atoms with Gasteiger partial charge in [0.05, 0.1) is 29.4 Å². The van der Waals surface area contributed by atoms with Gasteiger partial charge >= 0.3 is 0 Å². The first-order chi connectivity index (χ1) is 16.1. The fourth-order valence-electron chi connectivity index (χ4n) is 3.35. The van der Waals surface area contributed by atoms with Crippen molar-refractivity contribution in [1.29, 1.82) is 0 Å². The number of sulfonamides is 1. The lowest BCUT2D eigenvalue weighted by Gasteiger charge is -2.26. The molecule has 180 valence electrons. The number of hydrogen-bond donors (Lipinski definition) is 1. The number of morpholine rings is 1. The Morgan fingerprint density at radius 1 is 1.12 bits per heavy atom. The number of rotatable bonds is 5. The highest BCUT2D eigenvalue weighted by molar-refractivity contribution is 7.89. The Labute approximate surface area is 196 Å². The number of amides is 1. The van der Waals surface area contributed by atoms with Gasteiger partial charge in [-0.2, -0.15) is 14.1 Å². The molecule has 0 bridgehead atoms. The van der Waals surface area contributed by atoms with Crippen molar-refractivity contribution in [3.8, 4) is 5.95 Å². The molecule has 34 heavy (non-hydrogen) atoms.